The molecule has 0 atom stereocenters. The van der Waals surface area contributed by atoms with Gasteiger partial charge in [0.2, 0.25) is 11.8 Å². The monoisotopic (exact) mass is 379 g/mol. The number of nitrogens with zero attached hydrogens (tertiary/aromatic N) is 1. The van der Waals surface area contributed by atoms with E-state index in [-0.39, 0.29) is 17.6 Å². The highest BCUT2D eigenvalue weighted by atomic mass is 79.9. The van der Waals surface area contributed by atoms with Crippen molar-refractivity contribution in [1.29, 1.82) is 0 Å². The highest BCUT2D eigenvalue weighted by molar-refractivity contribution is 9.10. The van der Waals surface area contributed by atoms with Crippen LogP contribution >= 0.6 is 27.7 Å². The van der Waals surface area contributed by atoms with Crippen LogP contribution in [0.1, 0.15) is 6.92 Å². The molecule has 2 N–H and O–H groups in total. The predicted octanol–water partition coefficient (Wildman–Crippen LogP) is 3.53. The molecule has 114 valence electrons. The molecule has 1 aromatic carbocycles. The van der Waals surface area contributed by atoms with Gasteiger partial charge in [-0.15, -0.1) is 0 Å². The van der Waals surface area contributed by atoms with Crippen LogP contribution in [-0.4, -0.2) is 22.6 Å². The molecule has 0 spiro atoms. The van der Waals surface area contributed by atoms with E-state index in [1.54, 1.807) is 30.5 Å². The molecule has 7 heteroatoms. The zero-order valence-electron chi connectivity index (χ0n) is 11.8. The molecule has 2 aromatic rings. The molecule has 1 aromatic heterocycles. The number of hydrogen-bond donors (Lipinski definition) is 2. The van der Waals surface area contributed by atoms with Crippen LogP contribution in [0.15, 0.2) is 52.1 Å². The lowest BCUT2D eigenvalue weighted by atomic mass is 10.2. The summed E-state index contributed by atoms with van der Waals surface area (Å²) in [6, 6.07) is 10.7. The molecule has 0 aliphatic heterocycles. The summed E-state index contributed by atoms with van der Waals surface area (Å²) in [4.78, 5) is 27.1. The van der Waals surface area contributed by atoms with Gasteiger partial charge >= 0.3 is 0 Å². The fourth-order valence-electron chi connectivity index (χ4n) is 1.66. The topological polar surface area (TPSA) is 71.1 Å². The SMILES string of the molecule is CC(=O)Nc1cccc(NC(=O)CSc2ccc(Br)cn2)c1. The Hall–Kier alpha value is -1.86. The van der Waals surface area contributed by atoms with E-state index in [9.17, 15) is 9.59 Å². The van der Waals surface area contributed by atoms with Crippen molar-refractivity contribution in [2.24, 2.45) is 0 Å². The van der Waals surface area contributed by atoms with Crippen molar-refractivity contribution in [3.63, 3.8) is 0 Å². The number of anilines is 2. The van der Waals surface area contributed by atoms with Gasteiger partial charge in [-0.1, -0.05) is 17.8 Å². The minimum atomic E-state index is -0.152. The van der Waals surface area contributed by atoms with Crippen molar-refractivity contribution in [1.82, 2.24) is 4.98 Å². The zero-order chi connectivity index (χ0) is 15.9. The van der Waals surface area contributed by atoms with Crippen molar-refractivity contribution >= 4 is 50.9 Å². The number of hydrogen-bond acceptors (Lipinski definition) is 4. The van der Waals surface area contributed by atoms with Crippen molar-refractivity contribution in [3.8, 4) is 0 Å². The summed E-state index contributed by atoms with van der Waals surface area (Å²) in [6.45, 7) is 1.44. The number of carbonyl (C=O) groups excluding carboxylic acids is 2. The Morgan fingerprint density at radius 1 is 1.18 bits per heavy atom. The average molecular weight is 380 g/mol. The summed E-state index contributed by atoms with van der Waals surface area (Å²) in [5.41, 5.74) is 1.29. The summed E-state index contributed by atoms with van der Waals surface area (Å²) in [5, 5.41) is 6.24. The summed E-state index contributed by atoms with van der Waals surface area (Å²) >= 11 is 4.67. The fourth-order valence-corrected chi connectivity index (χ4v) is 2.54. The second-order valence-corrected chi connectivity index (χ2v) is 6.32. The molecule has 1 heterocycles. The van der Waals surface area contributed by atoms with Gasteiger partial charge in [0.25, 0.3) is 0 Å². The number of nitrogens with one attached hydrogen (secondary N) is 2. The maximum atomic E-state index is 11.9. The van der Waals surface area contributed by atoms with Gasteiger partial charge in [0.15, 0.2) is 0 Å². The van der Waals surface area contributed by atoms with E-state index in [4.69, 9.17) is 0 Å². The van der Waals surface area contributed by atoms with E-state index in [0.717, 1.165) is 9.50 Å². The first-order chi connectivity index (χ1) is 10.5. The van der Waals surface area contributed by atoms with E-state index in [0.29, 0.717) is 11.4 Å². The number of rotatable bonds is 5. The molecule has 2 amide bonds. The Labute approximate surface area is 141 Å². The summed E-state index contributed by atoms with van der Waals surface area (Å²) in [5.74, 6) is -0.0195. The Morgan fingerprint density at radius 2 is 1.91 bits per heavy atom. The molecule has 0 bridgehead atoms. The molecule has 5 nitrogen and oxygen atoms in total. The number of pyridine rings is 1. The normalized spacial score (nSPS) is 10.1. The molecule has 2 rings (SSSR count). The number of halogens is 1. The van der Waals surface area contributed by atoms with E-state index in [2.05, 4.69) is 31.5 Å². The Morgan fingerprint density at radius 3 is 2.55 bits per heavy atom. The number of aromatic nitrogens is 1. The van der Waals surface area contributed by atoms with Gasteiger partial charge in [-0.05, 0) is 46.3 Å². The molecular weight excluding hydrogens is 366 g/mol. The molecule has 0 saturated heterocycles. The standard InChI is InChI=1S/C15H14BrN3O2S/c1-10(20)18-12-3-2-4-13(7-12)19-14(21)9-22-15-6-5-11(16)8-17-15/h2-8H,9H2,1H3,(H,18,20)(H,19,21). The van der Waals surface area contributed by atoms with Gasteiger partial charge in [0, 0.05) is 29.0 Å². The summed E-state index contributed by atoms with van der Waals surface area (Å²) in [7, 11) is 0. The lowest BCUT2D eigenvalue weighted by Crippen LogP contribution is -2.14. The minimum Gasteiger partial charge on any atom is -0.326 e. The van der Waals surface area contributed by atoms with Crippen LogP contribution in [0.25, 0.3) is 0 Å². The minimum absolute atomic E-state index is 0.130. The second-order valence-electron chi connectivity index (χ2n) is 4.41. The molecule has 0 aliphatic rings. The molecule has 0 aliphatic carbocycles. The summed E-state index contributed by atoms with van der Waals surface area (Å²) in [6.07, 6.45) is 1.69. The maximum absolute atomic E-state index is 11.9. The van der Waals surface area contributed by atoms with Crippen molar-refractivity contribution in [2.45, 2.75) is 11.9 Å². The molecule has 22 heavy (non-hydrogen) atoms. The van der Waals surface area contributed by atoms with Gasteiger partial charge in [0.05, 0.1) is 10.8 Å². The first kappa shape index (κ1) is 16.5. The first-order valence-electron chi connectivity index (χ1n) is 6.45. The fraction of sp³-hybridized carbons (Fsp3) is 0.133. The van der Waals surface area contributed by atoms with Crippen LogP contribution in [-0.2, 0) is 9.59 Å². The maximum Gasteiger partial charge on any atom is 0.234 e. The van der Waals surface area contributed by atoms with E-state index < -0.39 is 0 Å². The summed E-state index contributed by atoms with van der Waals surface area (Å²) < 4.78 is 0.899. The quantitative estimate of drug-likeness (QED) is 0.779. The van der Waals surface area contributed by atoms with Gasteiger partial charge in [-0.2, -0.15) is 0 Å². The van der Waals surface area contributed by atoms with E-state index in [1.165, 1.54) is 18.7 Å². The zero-order valence-corrected chi connectivity index (χ0v) is 14.2. The third-order valence-corrected chi connectivity index (χ3v) is 3.93. The number of thioether (sulfide) groups is 1. The van der Waals surface area contributed by atoms with Crippen LogP contribution in [0, 0.1) is 0 Å². The molecule has 0 saturated carbocycles. The van der Waals surface area contributed by atoms with Gasteiger partial charge < -0.3 is 10.6 Å². The first-order valence-corrected chi connectivity index (χ1v) is 8.22. The average Bonchev–Trinajstić information content (AvgIpc) is 2.46. The highest BCUT2D eigenvalue weighted by Gasteiger charge is 2.05. The van der Waals surface area contributed by atoms with Gasteiger partial charge in [0.1, 0.15) is 0 Å². The van der Waals surface area contributed by atoms with Crippen LogP contribution in [0.2, 0.25) is 0 Å². The van der Waals surface area contributed by atoms with Crippen LogP contribution in [0.3, 0.4) is 0 Å². The molecule has 0 unspecified atom stereocenters. The largest absolute Gasteiger partial charge is 0.326 e. The van der Waals surface area contributed by atoms with Crippen molar-refractivity contribution in [3.05, 3.63) is 47.1 Å². The Bertz CT molecular complexity index is 677. The molecule has 0 fully saturated rings. The van der Waals surface area contributed by atoms with Crippen LogP contribution in [0.5, 0.6) is 0 Å². The lowest BCUT2D eigenvalue weighted by molar-refractivity contribution is -0.114. The van der Waals surface area contributed by atoms with Crippen LogP contribution < -0.4 is 10.6 Å². The predicted molar refractivity (Wildman–Crippen MR) is 92.0 cm³/mol. The number of amides is 2. The van der Waals surface area contributed by atoms with Crippen LogP contribution in [0.4, 0.5) is 11.4 Å². The van der Waals surface area contributed by atoms with Gasteiger partial charge in [-0.3, -0.25) is 9.59 Å². The second kappa shape index (κ2) is 7.95. The lowest BCUT2D eigenvalue weighted by Gasteiger charge is -2.07. The third-order valence-electron chi connectivity index (χ3n) is 2.52. The molecule has 0 radical (unpaired) electrons. The number of benzene rings is 1. The Kier molecular flexibility index (Phi) is 5.97. The van der Waals surface area contributed by atoms with Crippen molar-refractivity contribution in [2.75, 3.05) is 16.4 Å². The molecular formula is C15H14BrN3O2S. The van der Waals surface area contributed by atoms with E-state index in [1.807, 2.05) is 12.1 Å². The van der Waals surface area contributed by atoms with Gasteiger partial charge in [-0.25, -0.2) is 4.98 Å². The highest BCUT2D eigenvalue weighted by Crippen LogP contribution is 2.19. The number of carbonyl (C=O) groups is 2. The van der Waals surface area contributed by atoms with Crippen molar-refractivity contribution < 1.29 is 9.59 Å². The smallest absolute Gasteiger partial charge is 0.234 e. The Balaban J connectivity index is 1.89. The third kappa shape index (κ3) is 5.50. The van der Waals surface area contributed by atoms with E-state index >= 15 is 0 Å².